The molecule has 1 aromatic rings. The van der Waals surface area contributed by atoms with Gasteiger partial charge < -0.3 is 20.1 Å². The minimum atomic E-state index is 0.103. The Bertz CT molecular complexity index is 782. The Hall–Kier alpha value is -1.49. The number of ether oxygens (including phenoxy) is 2. The van der Waals surface area contributed by atoms with Gasteiger partial charge in [0.15, 0.2) is 11.6 Å². The van der Waals surface area contributed by atoms with Crippen molar-refractivity contribution in [2.45, 2.75) is 56.3 Å². The molecule has 4 N–H and O–H groups in total. The van der Waals surface area contributed by atoms with Crippen LogP contribution < -0.4 is 26.0 Å². The van der Waals surface area contributed by atoms with E-state index in [0.717, 1.165) is 42.5 Å². The van der Waals surface area contributed by atoms with Gasteiger partial charge in [-0.3, -0.25) is 10.6 Å². The van der Waals surface area contributed by atoms with Crippen molar-refractivity contribution in [2.75, 3.05) is 45.3 Å². The molecule has 1 saturated carbocycles. The normalized spacial score (nSPS) is 39.6. The first kappa shape index (κ1) is 20.1. The first-order chi connectivity index (χ1) is 15.3. The molecule has 0 aromatic carbocycles. The van der Waals surface area contributed by atoms with Crippen LogP contribution in [0.2, 0.25) is 0 Å². The molecule has 9 nitrogen and oxygen atoms in total. The second-order valence-electron chi connectivity index (χ2n) is 9.61. The number of hydrazine groups is 1. The molecule has 1 aliphatic carbocycles. The maximum Gasteiger partial charge on any atom is 0.170 e. The van der Waals surface area contributed by atoms with E-state index < -0.39 is 0 Å². The summed E-state index contributed by atoms with van der Waals surface area (Å²) in [6, 6.07) is 5.26. The zero-order valence-electron chi connectivity index (χ0n) is 18.3. The Morgan fingerprint density at radius 3 is 3.10 bits per heavy atom. The SMILES string of the molecule is COCCOc1cccnc1NC1CNC2C(N1)N1CC3CCC4NCCC(C4C3)N21. The van der Waals surface area contributed by atoms with E-state index in [1.165, 1.54) is 32.2 Å². The average molecular weight is 430 g/mol. The van der Waals surface area contributed by atoms with Crippen molar-refractivity contribution in [2.24, 2.45) is 11.8 Å². The molecule has 4 aliphatic heterocycles. The van der Waals surface area contributed by atoms with Gasteiger partial charge in [0.1, 0.15) is 18.9 Å². The summed E-state index contributed by atoms with van der Waals surface area (Å²) in [5.41, 5.74) is 0. The van der Waals surface area contributed by atoms with Gasteiger partial charge in [-0.15, -0.1) is 0 Å². The summed E-state index contributed by atoms with van der Waals surface area (Å²) in [5.74, 6) is 3.17. The molecular formula is C22H35N7O2. The van der Waals surface area contributed by atoms with E-state index in [1.807, 2.05) is 12.1 Å². The number of fused-ring (bicyclic) bond motifs is 6. The number of anilines is 1. The van der Waals surface area contributed by atoms with Crippen LogP contribution in [0.4, 0.5) is 5.82 Å². The largest absolute Gasteiger partial charge is 0.487 e. The Morgan fingerprint density at radius 1 is 1.19 bits per heavy atom. The Morgan fingerprint density at radius 2 is 2.16 bits per heavy atom. The lowest BCUT2D eigenvalue weighted by Crippen LogP contribution is -2.86. The zero-order valence-corrected chi connectivity index (χ0v) is 18.3. The van der Waals surface area contributed by atoms with Crippen LogP contribution in [0, 0.1) is 11.8 Å². The Labute approximate surface area is 184 Å². The predicted molar refractivity (Wildman–Crippen MR) is 117 cm³/mol. The van der Waals surface area contributed by atoms with E-state index in [0.29, 0.717) is 31.6 Å². The van der Waals surface area contributed by atoms with Gasteiger partial charge in [-0.1, -0.05) is 0 Å². The molecule has 5 fully saturated rings. The lowest BCUT2D eigenvalue weighted by molar-refractivity contribution is -0.268. The van der Waals surface area contributed by atoms with E-state index in [4.69, 9.17) is 9.47 Å². The van der Waals surface area contributed by atoms with Crippen molar-refractivity contribution < 1.29 is 9.47 Å². The van der Waals surface area contributed by atoms with Crippen molar-refractivity contribution in [3.8, 4) is 5.75 Å². The Kier molecular flexibility index (Phi) is 5.49. The monoisotopic (exact) mass is 429 g/mol. The standard InChI is InChI=1S/C22H35N7O2/c1-30-9-10-31-18-3-2-7-24-20(18)26-19-12-25-21-22(27-19)28-13-14-4-5-16-15(11-14)17(29(21)28)6-8-23-16/h2-3,7,14-17,19,21-23,25,27H,4-6,8-13H2,1H3,(H,24,26). The molecule has 170 valence electrons. The van der Waals surface area contributed by atoms with Crippen LogP contribution in [-0.2, 0) is 4.74 Å². The van der Waals surface area contributed by atoms with Crippen molar-refractivity contribution in [3.05, 3.63) is 18.3 Å². The van der Waals surface area contributed by atoms with Gasteiger partial charge in [0.2, 0.25) is 0 Å². The molecule has 0 spiro atoms. The molecule has 5 heterocycles. The second kappa shape index (κ2) is 8.46. The minimum absolute atomic E-state index is 0.103. The minimum Gasteiger partial charge on any atom is -0.487 e. The van der Waals surface area contributed by atoms with Crippen LogP contribution in [0.5, 0.6) is 5.75 Å². The van der Waals surface area contributed by atoms with Gasteiger partial charge in [0.05, 0.1) is 12.8 Å². The fourth-order valence-corrected chi connectivity index (χ4v) is 6.50. The molecule has 6 rings (SSSR count). The third-order valence-electron chi connectivity index (χ3n) is 7.87. The number of aromatic nitrogens is 1. The molecule has 2 bridgehead atoms. The molecule has 4 saturated heterocycles. The van der Waals surface area contributed by atoms with Crippen molar-refractivity contribution in [3.63, 3.8) is 0 Å². The zero-order chi connectivity index (χ0) is 20.8. The lowest BCUT2D eigenvalue weighted by Gasteiger charge is -2.63. The van der Waals surface area contributed by atoms with Gasteiger partial charge in [-0.2, -0.15) is 0 Å². The quantitative estimate of drug-likeness (QED) is 0.480. The van der Waals surface area contributed by atoms with Crippen molar-refractivity contribution in [1.82, 2.24) is 31.0 Å². The van der Waals surface area contributed by atoms with Gasteiger partial charge in [0.25, 0.3) is 0 Å². The highest BCUT2D eigenvalue weighted by Gasteiger charge is 2.57. The summed E-state index contributed by atoms with van der Waals surface area (Å²) in [5, 5.41) is 20.4. The number of nitrogens with one attached hydrogen (secondary N) is 4. The van der Waals surface area contributed by atoms with E-state index in [9.17, 15) is 0 Å². The van der Waals surface area contributed by atoms with Crippen LogP contribution in [-0.4, -0.2) is 85.5 Å². The van der Waals surface area contributed by atoms with Gasteiger partial charge >= 0.3 is 0 Å². The number of hydrogen-bond acceptors (Lipinski definition) is 9. The molecular weight excluding hydrogens is 394 g/mol. The smallest absolute Gasteiger partial charge is 0.170 e. The summed E-state index contributed by atoms with van der Waals surface area (Å²) in [6.07, 6.45) is 7.97. The highest BCUT2D eigenvalue weighted by molar-refractivity contribution is 5.50. The summed E-state index contributed by atoms with van der Waals surface area (Å²) in [4.78, 5) is 4.52. The van der Waals surface area contributed by atoms with Crippen LogP contribution in [0.1, 0.15) is 25.7 Å². The molecule has 9 heteroatoms. The highest BCUT2D eigenvalue weighted by Crippen LogP contribution is 2.45. The van der Waals surface area contributed by atoms with Crippen molar-refractivity contribution >= 4 is 5.82 Å². The van der Waals surface area contributed by atoms with Gasteiger partial charge in [-0.25, -0.2) is 15.0 Å². The average Bonchev–Trinajstić information content (AvgIpc) is 2.92. The fraction of sp³-hybridized carbons (Fsp3) is 0.773. The third-order valence-corrected chi connectivity index (χ3v) is 7.87. The summed E-state index contributed by atoms with van der Waals surface area (Å²) >= 11 is 0. The van der Waals surface area contributed by atoms with Crippen LogP contribution in [0.25, 0.3) is 0 Å². The van der Waals surface area contributed by atoms with Crippen LogP contribution in [0.15, 0.2) is 18.3 Å². The van der Waals surface area contributed by atoms with Gasteiger partial charge in [0, 0.05) is 38.5 Å². The third kappa shape index (κ3) is 3.61. The maximum absolute atomic E-state index is 5.85. The second-order valence-corrected chi connectivity index (χ2v) is 9.61. The molecule has 1 aromatic heterocycles. The highest BCUT2D eigenvalue weighted by atomic mass is 16.5. The number of piperazine rings is 1. The molecule has 0 radical (unpaired) electrons. The molecule has 31 heavy (non-hydrogen) atoms. The number of pyridine rings is 1. The maximum atomic E-state index is 5.85. The van der Waals surface area contributed by atoms with E-state index in [1.54, 1.807) is 13.3 Å². The van der Waals surface area contributed by atoms with E-state index >= 15 is 0 Å². The number of piperidine rings is 1. The first-order valence-corrected chi connectivity index (χ1v) is 11.9. The number of hydrogen-bond donors (Lipinski definition) is 4. The lowest BCUT2D eigenvalue weighted by atomic mass is 9.72. The molecule has 0 amide bonds. The molecule has 5 aliphatic rings. The summed E-state index contributed by atoms with van der Waals surface area (Å²) in [6.45, 7) is 4.26. The van der Waals surface area contributed by atoms with Crippen LogP contribution >= 0.6 is 0 Å². The van der Waals surface area contributed by atoms with Crippen LogP contribution in [0.3, 0.4) is 0 Å². The predicted octanol–water partition coefficient (Wildman–Crippen LogP) is 0.383. The topological polar surface area (TPSA) is 85.9 Å². The Balaban J connectivity index is 1.14. The van der Waals surface area contributed by atoms with Gasteiger partial charge in [-0.05, 0) is 56.2 Å². The summed E-state index contributed by atoms with van der Waals surface area (Å²) < 4.78 is 11.0. The molecule has 7 atom stereocenters. The number of methoxy groups -OCH3 is 1. The number of nitrogens with zero attached hydrogens (tertiary/aromatic N) is 3. The molecule has 7 unspecified atom stereocenters. The fourth-order valence-electron chi connectivity index (χ4n) is 6.50. The summed E-state index contributed by atoms with van der Waals surface area (Å²) in [7, 11) is 1.68. The van der Waals surface area contributed by atoms with Crippen molar-refractivity contribution in [1.29, 1.82) is 0 Å². The van der Waals surface area contributed by atoms with E-state index in [2.05, 4.69) is 36.3 Å². The first-order valence-electron chi connectivity index (χ1n) is 11.9. The number of rotatable bonds is 6. The van der Waals surface area contributed by atoms with E-state index in [-0.39, 0.29) is 6.17 Å².